The standard InChI is InChI=1S/C25H24Cl2N4O2.ClH/c1-17-7-9-31-22(25(29-23(31)12-17)19-5-6-20(26)21(27)13-19)14-24(32)30(10-11-33-2)16-18-4-3-8-28-15-18;/h3-9,12-13,15H,10-11,14,16H2,1-2H3;1H. The molecule has 0 aliphatic heterocycles. The molecule has 3 aromatic heterocycles. The summed E-state index contributed by atoms with van der Waals surface area (Å²) < 4.78 is 7.20. The third-order valence-corrected chi connectivity index (χ3v) is 6.15. The Labute approximate surface area is 214 Å². The number of amides is 1. The number of hydrogen-bond donors (Lipinski definition) is 0. The van der Waals surface area contributed by atoms with Crippen LogP contribution in [0.5, 0.6) is 0 Å². The van der Waals surface area contributed by atoms with E-state index in [2.05, 4.69) is 4.98 Å². The summed E-state index contributed by atoms with van der Waals surface area (Å²) in [5.74, 6) is -0.0282. The lowest BCUT2D eigenvalue weighted by atomic mass is 10.1. The Hall–Kier alpha value is -2.64. The first kappa shape index (κ1) is 26.0. The molecule has 0 aliphatic carbocycles. The quantitative estimate of drug-likeness (QED) is 0.302. The van der Waals surface area contributed by atoms with Gasteiger partial charge in [0, 0.05) is 44.4 Å². The Kier molecular flexibility index (Phi) is 8.91. The number of hydrogen-bond acceptors (Lipinski definition) is 4. The van der Waals surface area contributed by atoms with Crippen molar-refractivity contribution in [3.63, 3.8) is 0 Å². The van der Waals surface area contributed by atoms with Gasteiger partial charge < -0.3 is 14.0 Å². The van der Waals surface area contributed by atoms with Gasteiger partial charge in [-0.15, -0.1) is 12.4 Å². The molecule has 4 rings (SSSR count). The molecule has 1 aromatic carbocycles. The Morgan fingerprint density at radius 2 is 1.97 bits per heavy atom. The van der Waals surface area contributed by atoms with Crippen molar-refractivity contribution in [3.8, 4) is 11.3 Å². The smallest absolute Gasteiger partial charge is 0.228 e. The van der Waals surface area contributed by atoms with Gasteiger partial charge in [-0.2, -0.15) is 0 Å². The summed E-state index contributed by atoms with van der Waals surface area (Å²) in [6, 6.07) is 13.2. The highest BCUT2D eigenvalue weighted by atomic mass is 35.5. The highest BCUT2D eigenvalue weighted by Crippen LogP contribution is 2.31. The Bertz CT molecular complexity index is 1280. The molecule has 3 heterocycles. The minimum atomic E-state index is -0.0282. The lowest BCUT2D eigenvalue weighted by Crippen LogP contribution is -2.35. The summed E-state index contributed by atoms with van der Waals surface area (Å²) in [7, 11) is 1.63. The fourth-order valence-corrected chi connectivity index (χ4v) is 4.00. The molecule has 178 valence electrons. The number of carbonyl (C=O) groups excluding carboxylic acids is 1. The molecule has 0 bridgehead atoms. The molecule has 4 aromatic rings. The molecular formula is C25H25Cl3N4O2. The summed E-state index contributed by atoms with van der Waals surface area (Å²) >= 11 is 12.4. The molecule has 9 heteroatoms. The number of benzene rings is 1. The normalized spacial score (nSPS) is 10.8. The van der Waals surface area contributed by atoms with Crippen LogP contribution in [-0.4, -0.2) is 45.4 Å². The maximum atomic E-state index is 13.5. The highest BCUT2D eigenvalue weighted by Gasteiger charge is 2.21. The molecule has 0 N–H and O–H groups in total. The number of ether oxygens (including phenoxy) is 1. The molecule has 34 heavy (non-hydrogen) atoms. The van der Waals surface area contributed by atoms with E-state index < -0.39 is 0 Å². The molecule has 0 fully saturated rings. The lowest BCUT2D eigenvalue weighted by molar-refractivity contribution is -0.131. The zero-order valence-electron chi connectivity index (χ0n) is 18.9. The van der Waals surface area contributed by atoms with Gasteiger partial charge in [-0.05, 0) is 48.4 Å². The maximum Gasteiger partial charge on any atom is 0.228 e. The fraction of sp³-hybridized carbons (Fsp3) is 0.240. The van der Waals surface area contributed by atoms with Crippen molar-refractivity contribution in [1.29, 1.82) is 0 Å². The van der Waals surface area contributed by atoms with Crippen LogP contribution in [0.25, 0.3) is 16.9 Å². The van der Waals surface area contributed by atoms with E-state index in [1.54, 1.807) is 36.5 Å². The van der Waals surface area contributed by atoms with Crippen molar-refractivity contribution in [2.75, 3.05) is 20.3 Å². The van der Waals surface area contributed by atoms with E-state index in [1.807, 2.05) is 47.9 Å². The van der Waals surface area contributed by atoms with Crippen LogP contribution in [-0.2, 0) is 22.5 Å². The van der Waals surface area contributed by atoms with E-state index in [4.69, 9.17) is 32.9 Å². The van der Waals surface area contributed by atoms with Crippen molar-refractivity contribution in [3.05, 3.63) is 87.9 Å². The second-order valence-corrected chi connectivity index (χ2v) is 8.63. The van der Waals surface area contributed by atoms with Gasteiger partial charge in [-0.1, -0.05) is 35.3 Å². The van der Waals surface area contributed by atoms with Crippen molar-refractivity contribution < 1.29 is 9.53 Å². The van der Waals surface area contributed by atoms with Crippen LogP contribution < -0.4 is 0 Å². The van der Waals surface area contributed by atoms with Crippen LogP contribution in [0.15, 0.2) is 61.1 Å². The van der Waals surface area contributed by atoms with Gasteiger partial charge in [0.15, 0.2) is 0 Å². The average Bonchev–Trinajstić information content (AvgIpc) is 3.16. The van der Waals surface area contributed by atoms with Gasteiger partial charge in [-0.3, -0.25) is 9.78 Å². The van der Waals surface area contributed by atoms with Gasteiger partial charge in [0.05, 0.1) is 34.5 Å². The molecule has 0 unspecified atom stereocenters. The van der Waals surface area contributed by atoms with E-state index in [-0.39, 0.29) is 24.7 Å². The van der Waals surface area contributed by atoms with E-state index in [1.165, 1.54) is 0 Å². The molecule has 0 atom stereocenters. The number of imidazole rings is 1. The largest absolute Gasteiger partial charge is 0.383 e. The minimum absolute atomic E-state index is 0. The van der Waals surface area contributed by atoms with E-state index in [9.17, 15) is 4.79 Å². The van der Waals surface area contributed by atoms with Crippen molar-refractivity contribution >= 4 is 47.2 Å². The van der Waals surface area contributed by atoms with Crippen LogP contribution >= 0.6 is 35.6 Å². The van der Waals surface area contributed by atoms with Gasteiger partial charge >= 0.3 is 0 Å². The van der Waals surface area contributed by atoms with Crippen LogP contribution in [0.2, 0.25) is 10.0 Å². The van der Waals surface area contributed by atoms with Crippen molar-refractivity contribution in [2.45, 2.75) is 19.9 Å². The van der Waals surface area contributed by atoms with Crippen LogP contribution in [0.4, 0.5) is 0 Å². The average molecular weight is 520 g/mol. The minimum Gasteiger partial charge on any atom is -0.383 e. The fourth-order valence-electron chi connectivity index (χ4n) is 3.70. The third kappa shape index (κ3) is 5.88. The van der Waals surface area contributed by atoms with E-state index in [0.29, 0.717) is 35.4 Å². The summed E-state index contributed by atoms with van der Waals surface area (Å²) in [6.07, 6.45) is 5.60. The number of aromatic nitrogens is 3. The Morgan fingerprint density at radius 1 is 1.15 bits per heavy atom. The second-order valence-electron chi connectivity index (χ2n) is 7.81. The number of fused-ring (bicyclic) bond motifs is 1. The predicted octanol–water partition coefficient (Wildman–Crippen LogP) is 5.65. The molecule has 0 spiro atoms. The lowest BCUT2D eigenvalue weighted by Gasteiger charge is -2.22. The number of methoxy groups -OCH3 is 1. The Morgan fingerprint density at radius 3 is 2.68 bits per heavy atom. The monoisotopic (exact) mass is 518 g/mol. The Balaban J connectivity index is 0.00000324. The second kappa shape index (κ2) is 11.7. The summed E-state index contributed by atoms with van der Waals surface area (Å²) in [6.45, 7) is 3.38. The summed E-state index contributed by atoms with van der Waals surface area (Å²) in [5.41, 5.74) is 5.13. The molecule has 0 saturated heterocycles. The first-order chi connectivity index (χ1) is 16.0. The summed E-state index contributed by atoms with van der Waals surface area (Å²) in [4.78, 5) is 24.3. The molecule has 0 aliphatic rings. The van der Waals surface area contributed by atoms with E-state index >= 15 is 0 Å². The van der Waals surface area contributed by atoms with Crippen molar-refractivity contribution in [2.24, 2.45) is 0 Å². The molecule has 1 amide bonds. The van der Waals surface area contributed by atoms with Crippen LogP contribution in [0.1, 0.15) is 16.8 Å². The van der Waals surface area contributed by atoms with Gasteiger partial charge in [-0.25, -0.2) is 4.98 Å². The topological polar surface area (TPSA) is 59.7 Å². The third-order valence-electron chi connectivity index (χ3n) is 5.41. The SMILES string of the molecule is COCCN(Cc1cccnc1)C(=O)Cc1c(-c2ccc(Cl)c(Cl)c2)nc2cc(C)ccn12.Cl. The molecule has 0 radical (unpaired) electrons. The number of carbonyl (C=O) groups is 1. The number of aryl methyl sites for hydroxylation is 1. The van der Waals surface area contributed by atoms with Crippen molar-refractivity contribution in [1.82, 2.24) is 19.3 Å². The van der Waals surface area contributed by atoms with Crippen LogP contribution in [0.3, 0.4) is 0 Å². The number of halogens is 3. The first-order valence-corrected chi connectivity index (χ1v) is 11.3. The highest BCUT2D eigenvalue weighted by molar-refractivity contribution is 6.42. The van der Waals surface area contributed by atoms with E-state index in [0.717, 1.165) is 28.0 Å². The van der Waals surface area contributed by atoms with Crippen LogP contribution in [0, 0.1) is 6.92 Å². The van der Waals surface area contributed by atoms with Gasteiger partial charge in [0.1, 0.15) is 5.65 Å². The number of rotatable bonds is 8. The number of nitrogens with zero attached hydrogens (tertiary/aromatic N) is 4. The number of pyridine rings is 2. The maximum absolute atomic E-state index is 13.5. The van der Waals surface area contributed by atoms with Gasteiger partial charge in [0.2, 0.25) is 5.91 Å². The predicted molar refractivity (Wildman–Crippen MR) is 138 cm³/mol. The molecule has 6 nitrogen and oxygen atoms in total. The molecular weight excluding hydrogens is 495 g/mol. The zero-order valence-corrected chi connectivity index (χ0v) is 21.2. The zero-order chi connectivity index (χ0) is 23.4. The summed E-state index contributed by atoms with van der Waals surface area (Å²) in [5, 5.41) is 0.915. The first-order valence-electron chi connectivity index (χ1n) is 10.5. The van der Waals surface area contributed by atoms with Gasteiger partial charge in [0.25, 0.3) is 0 Å². The molecule has 0 saturated carbocycles.